The van der Waals surface area contributed by atoms with Crippen LogP contribution >= 0.6 is 0 Å². The molecular formula is C14H15N5O. The summed E-state index contributed by atoms with van der Waals surface area (Å²) in [7, 11) is 1.65. The predicted octanol–water partition coefficient (Wildman–Crippen LogP) is 2.26. The summed E-state index contributed by atoms with van der Waals surface area (Å²) in [5.74, 6) is 1.62. The topological polar surface area (TPSA) is 64.9 Å². The average Bonchev–Trinajstić information content (AvgIpc) is 2.93. The quantitative estimate of drug-likeness (QED) is 0.787. The van der Waals surface area contributed by atoms with Crippen molar-refractivity contribution in [2.75, 3.05) is 19.0 Å². The normalized spacial score (nSPS) is 10.7. The number of hydrogen-bond donors (Lipinski definition) is 1. The van der Waals surface area contributed by atoms with Crippen molar-refractivity contribution in [3.05, 3.63) is 36.8 Å². The molecule has 0 bridgehead atoms. The fourth-order valence-electron chi connectivity index (χ4n) is 2.06. The van der Waals surface area contributed by atoms with E-state index in [0.717, 1.165) is 34.8 Å². The molecule has 2 aromatic heterocycles. The summed E-state index contributed by atoms with van der Waals surface area (Å²) in [6.07, 6.45) is 3.32. The Hall–Kier alpha value is -2.63. The van der Waals surface area contributed by atoms with E-state index in [-0.39, 0.29) is 0 Å². The second kappa shape index (κ2) is 5.16. The van der Waals surface area contributed by atoms with Gasteiger partial charge in [0.05, 0.1) is 24.4 Å². The first-order valence-corrected chi connectivity index (χ1v) is 6.40. The lowest BCUT2D eigenvalue weighted by molar-refractivity contribution is 0.414. The Balaban J connectivity index is 2.09. The van der Waals surface area contributed by atoms with Crippen LogP contribution in [0.3, 0.4) is 0 Å². The molecule has 0 atom stereocenters. The molecule has 1 aromatic carbocycles. The lowest BCUT2D eigenvalue weighted by Crippen LogP contribution is -2.01. The van der Waals surface area contributed by atoms with Crippen LogP contribution < -0.4 is 10.1 Å². The molecule has 0 unspecified atom stereocenters. The summed E-state index contributed by atoms with van der Waals surface area (Å²) in [5, 5.41) is 8.51. The van der Waals surface area contributed by atoms with Gasteiger partial charge in [0, 0.05) is 6.54 Å². The molecule has 3 aromatic rings. The van der Waals surface area contributed by atoms with Crippen LogP contribution in [0.15, 0.2) is 36.8 Å². The lowest BCUT2D eigenvalue weighted by atomic mass is 10.3. The largest absolute Gasteiger partial charge is 0.497 e. The zero-order valence-electron chi connectivity index (χ0n) is 11.4. The molecule has 0 saturated heterocycles. The van der Waals surface area contributed by atoms with E-state index >= 15 is 0 Å². The standard InChI is InChI=1S/C14H15N5O/c1-3-15-13-12-8-18-19(14(12)17-9-16-13)10-4-6-11(20-2)7-5-10/h4-9H,3H2,1-2H3,(H,15,16,17). The zero-order valence-corrected chi connectivity index (χ0v) is 11.4. The first-order valence-electron chi connectivity index (χ1n) is 6.40. The van der Waals surface area contributed by atoms with Crippen molar-refractivity contribution in [1.29, 1.82) is 0 Å². The summed E-state index contributed by atoms with van der Waals surface area (Å²) >= 11 is 0. The fourth-order valence-corrected chi connectivity index (χ4v) is 2.06. The number of anilines is 1. The Morgan fingerprint density at radius 1 is 1.20 bits per heavy atom. The summed E-state index contributed by atoms with van der Waals surface area (Å²) in [6, 6.07) is 7.69. The molecule has 3 rings (SSSR count). The number of methoxy groups -OCH3 is 1. The highest BCUT2D eigenvalue weighted by atomic mass is 16.5. The summed E-state index contributed by atoms with van der Waals surface area (Å²) in [6.45, 7) is 2.83. The van der Waals surface area contributed by atoms with E-state index in [1.165, 1.54) is 0 Å². The Kier molecular flexibility index (Phi) is 3.20. The van der Waals surface area contributed by atoms with Gasteiger partial charge in [-0.3, -0.25) is 0 Å². The van der Waals surface area contributed by atoms with E-state index < -0.39 is 0 Å². The van der Waals surface area contributed by atoms with Gasteiger partial charge >= 0.3 is 0 Å². The van der Waals surface area contributed by atoms with Crippen molar-refractivity contribution >= 4 is 16.9 Å². The van der Waals surface area contributed by atoms with Crippen LogP contribution in [0.1, 0.15) is 6.92 Å². The van der Waals surface area contributed by atoms with Crippen LogP contribution in [0.25, 0.3) is 16.7 Å². The maximum atomic E-state index is 5.16. The number of nitrogens with one attached hydrogen (secondary N) is 1. The molecule has 0 aliphatic rings. The number of fused-ring (bicyclic) bond motifs is 1. The molecule has 1 N–H and O–H groups in total. The summed E-state index contributed by atoms with van der Waals surface area (Å²) in [4.78, 5) is 8.56. The van der Waals surface area contributed by atoms with Crippen LogP contribution in [-0.4, -0.2) is 33.4 Å². The predicted molar refractivity (Wildman–Crippen MR) is 77.4 cm³/mol. The minimum atomic E-state index is 0.779. The minimum absolute atomic E-state index is 0.779. The second-order valence-electron chi connectivity index (χ2n) is 4.24. The van der Waals surface area contributed by atoms with Gasteiger partial charge in [0.1, 0.15) is 17.9 Å². The molecule has 0 saturated carbocycles. The Morgan fingerprint density at radius 3 is 2.70 bits per heavy atom. The number of hydrogen-bond acceptors (Lipinski definition) is 5. The minimum Gasteiger partial charge on any atom is -0.497 e. The van der Waals surface area contributed by atoms with Gasteiger partial charge in [-0.25, -0.2) is 14.6 Å². The lowest BCUT2D eigenvalue weighted by Gasteiger charge is -2.05. The van der Waals surface area contributed by atoms with Crippen LogP contribution in [0.2, 0.25) is 0 Å². The van der Waals surface area contributed by atoms with Crippen molar-refractivity contribution < 1.29 is 4.74 Å². The zero-order chi connectivity index (χ0) is 13.9. The van der Waals surface area contributed by atoms with Crippen molar-refractivity contribution in [3.8, 4) is 11.4 Å². The van der Waals surface area contributed by atoms with E-state index in [2.05, 4.69) is 20.4 Å². The van der Waals surface area contributed by atoms with E-state index in [1.54, 1.807) is 24.3 Å². The van der Waals surface area contributed by atoms with E-state index in [4.69, 9.17) is 4.74 Å². The first-order chi connectivity index (χ1) is 9.83. The third-order valence-corrected chi connectivity index (χ3v) is 3.03. The highest BCUT2D eigenvalue weighted by Gasteiger charge is 2.10. The van der Waals surface area contributed by atoms with Crippen molar-refractivity contribution in [2.45, 2.75) is 6.92 Å². The van der Waals surface area contributed by atoms with Crippen molar-refractivity contribution in [3.63, 3.8) is 0 Å². The summed E-state index contributed by atoms with van der Waals surface area (Å²) in [5.41, 5.74) is 1.71. The van der Waals surface area contributed by atoms with Crippen LogP contribution in [0.4, 0.5) is 5.82 Å². The third kappa shape index (κ3) is 2.05. The van der Waals surface area contributed by atoms with E-state index in [9.17, 15) is 0 Å². The fraction of sp³-hybridized carbons (Fsp3) is 0.214. The van der Waals surface area contributed by atoms with Gasteiger partial charge in [-0.05, 0) is 31.2 Å². The highest BCUT2D eigenvalue weighted by molar-refractivity contribution is 5.87. The first kappa shape index (κ1) is 12.4. The Morgan fingerprint density at radius 2 is 2.00 bits per heavy atom. The molecule has 20 heavy (non-hydrogen) atoms. The Labute approximate surface area is 116 Å². The number of nitrogens with zero attached hydrogens (tertiary/aromatic N) is 4. The Bertz CT molecular complexity index is 720. The number of rotatable bonds is 4. The maximum absolute atomic E-state index is 5.16. The molecule has 0 amide bonds. The van der Waals surface area contributed by atoms with Crippen molar-refractivity contribution in [1.82, 2.24) is 19.7 Å². The molecule has 102 valence electrons. The molecule has 2 heterocycles. The molecule has 0 aliphatic carbocycles. The summed E-state index contributed by atoms with van der Waals surface area (Å²) < 4.78 is 6.95. The van der Waals surface area contributed by atoms with Gasteiger partial charge in [-0.15, -0.1) is 0 Å². The second-order valence-corrected chi connectivity index (χ2v) is 4.24. The maximum Gasteiger partial charge on any atom is 0.168 e. The van der Waals surface area contributed by atoms with Gasteiger partial charge in [-0.2, -0.15) is 5.10 Å². The molecule has 0 spiro atoms. The molecule has 6 nitrogen and oxygen atoms in total. The molecule has 0 aliphatic heterocycles. The SMILES string of the molecule is CCNc1ncnc2c1cnn2-c1ccc(OC)cc1. The number of aromatic nitrogens is 4. The van der Waals surface area contributed by atoms with Gasteiger partial charge in [0.25, 0.3) is 0 Å². The van der Waals surface area contributed by atoms with E-state index in [1.807, 2.05) is 31.2 Å². The monoisotopic (exact) mass is 269 g/mol. The molecule has 0 radical (unpaired) electrons. The van der Waals surface area contributed by atoms with Crippen LogP contribution in [0, 0.1) is 0 Å². The number of ether oxygens (including phenoxy) is 1. The van der Waals surface area contributed by atoms with Crippen LogP contribution in [-0.2, 0) is 0 Å². The van der Waals surface area contributed by atoms with Crippen molar-refractivity contribution in [2.24, 2.45) is 0 Å². The highest BCUT2D eigenvalue weighted by Crippen LogP contribution is 2.22. The van der Waals surface area contributed by atoms with Gasteiger partial charge in [-0.1, -0.05) is 0 Å². The molecule has 0 fully saturated rings. The third-order valence-electron chi connectivity index (χ3n) is 3.03. The van der Waals surface area contributed by atoms with Gasteiger partial charge < -0.3 is 10.1 Å². The van der Waals surface area contributed by atoms with Gasteiger partial charge in [0.2, 0.25) is 0 Å². The average molecular weight is 269 g/mol. The van der Waals surface area contributed by atoms with Crippen LogP contribution in [0.5, 0.6) is 5.75 Å². The number of benzene rings is 1. The smallest absolute Gasteiger partial charge is 0.168 e. The van der Waals surface area contributed by atoms with Gasteiger partial charge in [0.15, 0.2) is 5.65 Å². The van der Waals surface area contributed by atoms with E-state index in [0.29, 0.717) is 0 Å². The molecule has 6 heteroatoms. The molecular weight excluding hydrogens is 254 g/mol.